The van der Waals surface area contributed by atoms with Gasteiger partial charge in [0.05, 0.1) is 19.2 Å². The molecule has 7 nitrogen and oxygen atoms in total. The lowest BCUT2D eigenvalue weighted by atomic mass is 9.85. The van der Waals surface area contributed by atoms with Crippen LogP contribution in [0.5, 0.6) is 17.4 Å². The molecule has 1 unspecified atom stereocenters. The van der Waals surface area contributed by atoms with Crippen molar-refractivity contribution in [2.45, 2.75) is 12.5 Å². The smallest absolute Gasteiger partial charge is 0.221 e. The summed E-state index contributed by atoms with van der Waals surface area (Å²) in [6.45, 7) is 0.279. The fourth-order valence-electron chi connectivity index (χ4n) is 3.28. The number of H-pyrrole nitrogens is 1. The lowest BCUT2D eigenvalue weighted by Crippen LogP contribution is -2.20. The van der Waals surface area contributed by atoms with Crippen LogP contribution in [0.2, 0.25) is 5.02 Å². The maximum atomic E-state index is 9.64. The first-order valence-electron chi connectivity index (χ1n) is 8.76. The maximum absolute atomic E-state index is 9.64. The fraction of sp³-hybridized carbons (Fsp3) is 0.143. The van der Waals surface area contributed by atoms with Gasteiger partial charge in [-0.25, -0.2) is 5.10 Å². The quantitative estimate of drug-likeness (QED) is 0.663. The molecule has 8 heteroatoms. The van der Waals surface area contributed by atoms with Gasteiger partial charge in [-0.15, -0.1) is 0 Å². The van der Waals surface area contributed by atoms with Crippen LogP contribution in [0.4, 0.5) is 0 Å². The van der Waals surface area contributed by atoms with Crippen LogP contribution in [0, 0.1) is 11.3 Å². The van der Waals surface area contributed by atoms with Gasteiger partial charge in [0.25, 0.3) is 0 Å². The lowest BCUT2D eigenvalue weighted by molar-refractivity contribution is 0.296. The first-order valence-corrected chi connectivity index (χ1v) is 9.14. The second kappa shape index (κ2) is 7.78. The molecule has 0 bridgehead atoms. The molecule has 0 aliphatic carbocycles. The summed E-state index contributed by atoms with van der Waals surface area (Å²) in [6.07, 6.45) is 1.64. The Labute approximate surface area is 172 Å². The number of hydrogen-bond donors (Lipinski definition) is 2. The second-order valence-corrected chi connectivity index (χ2v) is 6.83. The Morgan fingerprint density at radius 3 is 2.79 bits per heavy atom. The molecule has 1 aliphatic rings. The van der Waals surface area contributed by atoms with Crippen LogP contribution >= 0.6 is 11.6 Å². The van der Waals surface area contributed by atoms with Crippen molar-refractivity contribution in [3.8, 4) is 23.4 Å². The Kier molecular flexibility index (Phi) is 5.02. The van der Waals surface area contributed by atoms with Gasteiger partial charge in [-0.3, -0.25) is 0 Å². The van der Waals surface area contributed by atoms with Crippen molar-refractivity contribution >= 4 is 11.6 Å². The van der Waals surface area contributed by atoms with Crippen LogP contribution in [0.1, 0.15) is 22.6 Å². The molecule has 0 radical (unpaired) electrons. The first-order chi connectivity index (χ1) is 14.1. The minimum Gasteiger partial charge on any atom is -0.496 e. The highest BCUT2D eigenvalue weighted by atomic mass is 35.5. The molecule has 2 aromatic carbocycles. The van der Waals surface area contributed by atoms with Gasteiger partial charge in [0.2, 0.25) is 11.8 Å². The summed E-state index contributed by atoms with van der Waals surface area (Å²) < 4.78 is 16.8. The number of benzene rings is 2. The molecular formula is C21H17ClN4O3. The summed E-state index contributed by atoms with van der Waals surface area (Å²) in [4.78, 5) is 0. The van der Waals surface area contributed by atoms with E-state index < -0.39 is 5.92 Å². The molecule has 1 atom stereocenters. The van der Waals surface area contributed by atoms with Crippen molar-refractivity contribution in [1.82, 2.24) is 10.2 Å². The Morgan fingerprint density at radius 1 is 1.28 bits per heavy atom. The average Bonchev–Trinajstić information content (AvgIpc) is 3.20. The molecule has 1 aliphatic heterocycles. The Balaban J connectivity index is 1.69. The number of methoxy groups -OCH3 is 1. The van der Waals surface area contributed by atoms with Gasteiger partial charge in [0.1, 0.15) is 29.7 Å². The van der Waals surface area contributed by atoms with Gasteiger partial charge in [0.15, 0.2) is 0 Å². The highest BCUT2D eigenvalue weighted by molar-refractivity contribution is 6.30. The van der Waals surface area contributed by atoms with Crippen molar-refractivity contribution < 1.29 is 14.2 Å². The molecule has 3 aromatic rings. The van der Waals surface area contributed by atoms with Crippen molar-refractivity contribution in [3.05, 3.63) is 81.8 Å². The van der Waals surface area contributed by atoms with E-state index in [1.165, 1.54) is 0 Å². The minimum atomic E-state index is -0.400. The average molecular weight is 409 g/mol. The molecule has 0 spiro atoms. The minimum absolute atomic E-state index is 0.0593. The summed E-state index contributed by atoms with van der Waals surface area (Å²) in [6, 6.07) is 15.0. The first kappa shape index (κ1) is 18.7. The summed E-state index contributed by atoms with van der Waals surface area (Å²) in [5.74, 6) is 1.46. The van der Waals surface area contributed by atoms with Crippen LogP contribution in [-0.4, -0.2) is 17.3 Å². The summed E-state index contributed by atoms with van der Waals surface area (Å²) >= 11 is 5.92. The van der Waals surface area contributed by atoms with E-state index in [0.29, 0.717) is 28.0 Å². The Morgan fingerprint density at radius 2 is 2.07 bits per heavy atom. The summed E-state index contributed by atoms with van der Waals surface area (Å²) in [5.41, 5.74) is 8.71. The SMILES string of the molecule is COc1ccc(C2C(C#N)=C(N)Oc3[nH]ncc32)cc1COc1ccc(Cl)cc1. The number of hydrogen-bond acceptors (Lipinski definition) is 6. The monoisotopic (exact) mass is 408 g/mol. The van der Waals surface area contributed by atoms with Gasteiger partial charge in [-0.1, -0.05) is 17.7 Å². The maximum Gasteiger partial charge on any atom is 0.221 e. The van der Waals surface area contributed by atoms with Crippen LogP contribution in [0.25, 0.3) is 0 Å². The lowest BCUT2D eigenvalue weighted by Gasteiger charge is -2.24. The van der Waals surface area contributed by atoms with E-state index in [1.54, 1.807) is 37.6 Å². The zero-order valence-corrected chi connectivity index (χ0v) is 16.2. The summed E-state index contributed by atoms with van der Waals surface area (Å²) in [7, 11) is 1.60. The number of nitrogens with zero attached hydrogens (tertiary/aromatic N) is 2. The number of rotatable bonds is 5. The van der Waals surface area contributed by atoms with Crippen LogP contribution in [0.15, 0.2) is 60.1 Å². The normalized spacial score (nSPS) is 15.3. The molecule has 0 amide bonds. The topological polar surface area (TPSA) is 106 Å². The van der Waals surface area contributed by atoms with Gasteiger partial charge in [-0.05, 0) is 42.0 Å². The number of nitriles is 1. The molecular weight excluding hydrogens is 392 g/mol. The van der Waals surface area contributed by atoms with Gasteiger partial charge >= 0.3 is 0 Å². The number of aromatic nitrogens is 2. The third-order valence-electron chi connectivity index (χ3n) is 4.68. The van der Waals surface area contributed by atoms with Crippen LogP contribution in [-0.2, 0) is 6.61 Å². The third kappa shape index (κ3) is 3.58. The van der Waals surface area contributed by atoms with Crippen molar-refractivity contribution in [2.24, 2.45) is 5.73 Å². The van der Waals surface area contributed by atoms with E-state index in [-0.39, 0.29) is 12.5 Å². The number of aromatic amines is 1. The van der Waals surface area contributed by atoms with Crippen molar-refractivity contribution in [1.29, 1.82) is 5.26 Å². The summed E-state index contributed by atoms with van der Waals surface area (Å²) in [5, 5.41) is 17.1. The fourth-order valence-corrected chi connectivity index (χ4v) is 3.41. The second-order valence-electron chi connectivity index (χ2n) is 6.39. The Bertz CT molecular complexity index is 1120. The van der Waals surface area contributed by atoms with Gasteiger partial charge in [-0.2, -0.15) is 10.4 Å². The molecule has 0 saturated heterocycles. The predicted molar refractivity (Wildman–Crippen MR) is 107 cm³/mol. The molecule has 29 heavy (non-hydrogen) atoms. The van der Waals surface area contributed by atoms with E-state index in [0.717, 1.165) is 16.7 Å². The molecule has 146 valence electrons. The van der Waals surface area contributed by atoms with Crippen molar-refractivity contribution in [3.63, 3.8) is 0 Å². The zero-order chi connectivity index (χ0) is 20.4. The number of ether oxygens (including phenoxy) is 3. The highest BCUT2D eigenvalue weighted by Gasteiger charge is 2.32. The number of nitrogens with one attached hydrogen (secondary N) is 1. The number of nitrogens with two attached hydrogens (primary N) is 1. The van der Waals surface area contributed by atoms with Crippen molar-refractivity contribution in [2.75, 3.05) is 7.11 Å². The van der Waals surface area contributed by atoms with E-state index in [4.69, 9.17) is 31.5 Å². The van der Waals surface area contributed by atoms with E-state index in [2.05, 4.69) is 16.3 Å². The molecule has 3 N–H and O–H groups in total. The number of fused-ring (bicyclic) bond motifs is 1. The van der Waals surface area contributed by atoms with E-state index in [9.17, 15) is 5.26 Å². The van der Waals surface area contributed by atoms with E-state index >= 15 is 0 Å². The predicted octanol–water partition coefficient (Wildman–Crippen LogP) is 3.87. The number of halogens is 1. The molecule has 1 aromatic heterocycles. The largest absolute Gasteiger partial charge is 0.496 e. The standard InChI is InChI=1S/C21H17ClN4O3/c1-27-18-7-2-12(8-13(18)11-28-15-5-3-14(22)4-6-15)19-16(9-23)20(24)29-21-17(19)10-25-26-21/h2-8,10,19H,11,24H2,1H3,(H,25,26). The molecule has 4 rings (SSSR count). The highest BCUT2D eigenvalue weighted by Crippen LogP contribution is 2.41. The molecule has 0 fully saturated rings. The van der Waals surface area contributed by atoms with E-state index in [1.807, 2.05) is 18.2 Å². The Hall–Kier alpha value is -3.63. The number of allylic oxidation sites excluding steroid dienone is 1. The zero-order valence-electron chi connectivity index (χ0n) is 15.5. The van der Waals surface area contributed by atoms with Gasteiger partial charge < -0.3 is 19.9 Å². The molecule has 0 saturated carbocycles. The van der Waals surface area contributed by atoms with Crippen LogP contribution in [0.3, 0.4) is 0 Å². The molecule has 2 heterocycles. The van der Waals surface area contributed by atoms with Gasteiger partial charge in [0, 0.05) is 16.1 Å². The third-order valence-corrected chi connectivity index (χ3v) is 4.93. The van der Waals surface area contributed by atoms with Crippen LogP contribution < -0.4 is 19.9 Å².